The molecule has 1 heterocycles. The van der Waals surface area contributed by atoms with E-state index < -0.39 is 0 Å². The number of rotatable bonds is 2. The van der Waals surface area contributed by atoms with Crippen molar-refractivity contribution in [3.63, 3.8) is 0 Å². The van der Waals surface area contributed by atoms with Gasteiger partial charge in [-0.1, -0.05) is 30.3 Å². The highest BCUT2D eigenvalue weighted by molar-refractivity contribution is 6.15. The molecule has 0 aliphatic rings. The summed E-state index contributed by atoms with van der Waals surface area (Å²) in [5, 5.41) is 1.06. The van der Waals surface area contributed by atoms with Crippen LogP contribution >= 0.6 is 0 Å². The first-order chi connectivity index (χ1) is 9.27. The highest BCUT2D eigenvalue weighted by Gasteiger charge is 2.14. The summed E-state index contributed by atoms with van der Waals surface area (Å²) in [6, 6.07) is 14.9. The average molecular weight is 251 g/mol. The molecule has 0 aliphatic heterocycles. The van der Waals surface area contributed by atoms with E-state index in [-0.39, 0.29) is 11.6 Å². The van der Waals surface area contributed by atoms with Crippen LogP contribution in [0.3, 0.4) is 0 Å². The summed E-state index contributed by atoms with van der Waals surface area (Å²) < 4.78 is 13.7. The Morgan fingerprint density at radius 1 is 0.895 bits per heavy atom. The number of ketones is 1. The van der Waals surface area contributed by atoms with Crippen LogP contribution < -0.4 is 0 Å². The number of pyridine rings is 1. The molecule has 0 bridgehead atoms. The standard InChI is InChI=1S/C16H10FNO/c17-14-9-8-13(11-5-1-2-6-12(11)14)16(19)15-7-3-4-10-18-15/h1-10H. The van der Waals surface area contributed by atoms with Crippen molar-refractivity contribution in [1.82, 2.24) is 4.98 Å². The molecule has 2 nitrogen and oxygen atoms in total. The van der Waals surface area contributed by atoms with Crippen molar-refractivity contribution in [3.05, 3.63) is 77.9 Å². The van der Waals surface area contributed by atoms with Gasteiger partial charge in [0.25, 0.3) is 0 Å². The molecule has 0 atom stereocenters. The van der Waals surface area contributed by atoms with E-state index in [0.29, 0.717) is 22.0 Å². The molecular weight excluding hydrogens is 241 g/mol. The first-order valence-electron chi connectivity index (χ1n) is 5.90. The fourth-order valence-corrected chi connectivity index (χ4v) is 2.10. The maximum absolute atomic E-state index is 13.7. The zero-order chi connectivity index (χ0) is 13.2. The smallest absolute Gasteiger partial charge is 0.211 e. The van der Waals surface area contributed by atoms with Gasteiger partial charge < -0.3 is 0 Å². The third kappa shape index (κ3) is 1.99. The molecule has 0 unspecified atom stereocenters. The molecule has 0 aliphatic carbocycles. The monoisotopic (exact) mass is 251 g/mol. The van der Waals surface area contributed by atoms with E-state index >= 15 is 0 Å². The molecule has 92 valence electrons. The highest BCUT2D eigenvalue weighted by atomic mass is 19.1. The lowest BCUT2D eigenvalue weighted by atomic mass is 9.99. The Morgan fingerprint density at radius 3 is 2.37 bits per heavy atom. The van der Waals surface area contributed by atoms with Crippen molar-refractivity contribution in [2.24, 2.45) is 0 Å². The Balaban J connectivity index is 2.22. The predicted molar refractivity (Wildman–Crippen MR) is 71.6 cm³/mol. The lowest BCUT2D eigenvalue weighted by molar-refractivity contribution is 0.103. The minimum absolute atomic E-state index is 0.197. The van der Waals surface area contributed by atoms with Crippen LogP contribution in [0.15, 0.2) is 60.8 Å². The largest absolute Gasteiger partial charge is 0.287 e. The summed E-state index contributed by atoms with van der Waals surface area (Å²) in [7, 11) is 0. The summed E-state index contributed by atoms with van der Waals surface area (Å²) in [4.78, 5) is 16.4. The number of nitrogens with zero attached hydrogens (tertiary/aromatic N) is 1. The molecule has 0 saturated carbocycles. The van der Waals surface area contributed by atoms with E-state index in [1.54, 1.807) is 48.7 Å². The summed E-state index contributed by atoms with van der Waals surface area (Å²) in [5.41, 5.74) is 0.829. The molecule has 19 heavy (non-hydrogen) atoms. The van der Waals surface area contributed by atoms with Gasteiger partial charge in [-0.05, 0) is 29.7 Å². The Hall–Kier alpha value is -2.55. The van der Waals surface area contributed by atoms with Gasteiger partial charge in [-0.2, -0.15) is 0 Å². The van der Waals surface area contributed by atoms with E-state index in [0.717, 1.165) is 0 Å². The van der Waals surface area contributed by atoms with Crippen LogP contribution in [0.25, 0.3) is 10.8 Å². The molecule has 0 fully saturated rings. The van der Waals surface area contributed by atoms with E-state index in [9.17, 15) is 9.18 Å². The highest BCUT2D eigenvalue weighted by Crippen LogP contribution is 2.23. The van der Waals surface area contributed by atoms with Crippen molar-refractivity contribution in [2.45, 2.75) is 0 Å². The van der Waals surface area contributed by atoms with Gasteiger partial charge in [0.15, 0.2) is 0 Å². The molecule has 3 aromatic rings. The lowest BCUT2D eigenvalue weighted by Crippen LogP contribution is -2.04. The quantitative estimate of drug-likeness (QED) is 0.651. The van der Waals surface area contributed by atoms with Gasteiger partial charge in [-0.25, -0.2) is 4.39 Å². The van der Waals surface area contributed by atoms with Gasteiger partial charge in [0.05, 0.1) is 0 Å². The van der Waals surface area contributed by atoms with Crippen LogP contribution in [0.5, 0.6) is 0 Å². The van der Waals surface area contributed by atoms with E-state index in [2.05, 4.69) is 4.98 Å². The van der Waals surface area contributed by atoms with Crippen molar-refractivity contribution in [2.75, 3.05) is 0 Å². The number of benzene rings is 2. The SMILES string of the molecule is O=C(c1ccccn1)c1ccc(F)c2ccccc12. The van der Waals surface area contributed by atoms with Gasteiger partial charge in [0.1, 0.15) is 11.5 Å². The molecule has 0 amide bonds. The molecule has 2 aromatic carbocycles. The van der Waals surface area contributed by atoms with Crippen LogP contribution in [0.4, 0.5) is 4.39 Å². The first kappa shape index (κ1) is 11.5. The fourth-order valence-electron chi connectivity index (χ4n) is 2.10. The molecule has 3 rings (SSSR count). The molecule has 0 radical (unpaired) electrons. The number of fused-ring (bicyclic) bond motifs is 1. The molecule has 3 heteroatoms. The number of hydrogen-bond acceptors (Lipinski definition) is 2. The Kier molecular flexibility index (Phi) is 2.80. The van der Waals surface area contributed by atoms with E-state index in [1.807, 2.05) is 0 Å². The summed E-state index contributed by atoms with van der Waals surface area (Å²) in [5.74, 6) is -0.523. The second kappa shape index (κ2) is 4.61. The molecule has 0 N–H and O–H groups in total. The Morgan fingerprint density at radius 2 is 1.63 bits per heavy atom. The van der Waals surface area contributed by atoms with Crippen molar-refractivity contribution in [3.8, 4) is 0 Å². The molecular formula is C16H10FNO. The minimum atomic E-state index is -0.326. The van der Waals surface area contributed by atoms with Gasteiger partial charge in [0, 0.05) is 17.1 Å². The summed E-state index contributed by atoms with van der Waals surface area (Å²) in [6.45, 7) is 0. The zero-order valence-electron chi connectivity index (χ0n) is 10.0. The molecule has 0 saturated heterocycles. The van der Waals surface area contributed by atoms with Gasteiger partial charge in [0.2, 0.25) is 5.78 Å². The second-order valence-electron chi connectivity index (χ2n) is 4.18. The molecule has 1 aromatic heterocycles. The van der Waals surface area contributed by atoms with Gasteiger partial charge in [-0.15, -0.1) is 0 Å². The lowest BCUT2D eigenvalue weighted by Gasteiger charge is -2.06. The Bertz CT molecular complexity index is 753. The third-order valence-electron chi connectivity index (χ3n) is 3.01. The number of carbonyl (C=O) groups excluding carboxylic acids is 1. The maximum Gasteiger partial charge on any atom is 0.211 e. The normalized spacial score (nSPS) is 10.6. The van der Waals surface area contributed by atoms with E-state index in [4.69, 9.17) is 0 Å². The topological polar surface area (TPSA) is 30.0 Å². The van der Waals surface area contributed by atoms with Crippen LogP contribution in [0.1, 0.15) is 16.1 Å². The number of aromatic nitrogens is 1. The van der Waals surface area contributed by atoms with E-state index in [1.165, 1.54) is 12.1 Å². The van der Waals surface area contributed by atoms with Gasteiger partial charge in [-0.3, -0.25) is 9.78 Å². The number of carbonyl (C=O) groups is 1. The summed E-state index contributed by atoms with van der Waals surface area (Å²) >= 11 is 0. The van der Waals surface area contributed by atoms with Crippen molar-refractivity contribution in [1.29, 1.82) is 0 Å². The third-order valence-corrected chi connectivity index (χ3v) is 3.01. The number of halogens is 1. The van der Waals surface area contributed by atoms with Crippen LogP contribution in [0, 0.1) is 5.82 Å². The van der Waals surface area contributed by atoms with Gasteiger partial charge >= 0.3 is 0 Å². The molecule has 0 spiro atoms. The first-order valence-corrected chi connectivity index (χ1v) is 5.90. The second-order valence-corrected chi connectivity index (χ2v) is 4.18. The van der Waals surface area contributed by atoms with Crippen LogP contribution in [0.2, 0.25) is 0 Å². The van der Waals surface area contributed by atoms with Crippen LogP contribution in [-0.2, 0) is 0 Å². The van der Waals surface area contributed by atoms with Crippen molar-refractivity contribution < 1.29 is 9.18 Å². The zero-order valence-corrected chi connectivity index (χ0v) is 10.0. The Labute approximate surface area is 109 Å². The predicted octanol–water partition coefficient (Wildman–Crippen LogP) is 3.60. The number of hydrogen-bond donors (Lipinski definition) is 0. The maximum atomic E-state index is 13.7. The minimum Gasteiger partial charge on any atom is -0.287 e. The van der Waals surface area contributed by atoms with Crippen molar-refractivity contribution >= 4 is 16.6 Å². The average Bonchev–Trinajstić information content (AvgIpc) is 2.48. The van der Waals surface area contributed by atoms with Crippen LogP contribution in [-0.4, -0.2) is 10.8 Å². The summed E-state index contributed by atoms with van der Waals surface area (Å²) in [6.07, 6.45) is 1.57. The fraction of sp³-hybridized carbons (Fsp3) is 0.